The van der Waals surface area contributed by atoms with Crippen LogP contribution in [0.4, 0.5) is 0 Å². The SMILES string of the molecule is CC(=O)CN1CCC(C)(C(N)=O)C1. The third-order valence-electron chi connectivity index (χ3n) is 2.59. The highest BCUT2D eigenvalue weighted by Crippen LogP contribution is 2.28. The van der Waals surface area contributed by atoms with Crippen molar-refractivity contribution in [3.05, 3.63) is 0 Å². The molecule has 1 atom stereocenters. The van der Waals surface area contributed by atoms with Crippen molar-refractivity contribution in [1.29, 1.82) is 0 Å². The standard InChI is InChI=1S/C9H16N2O2/c1-7(12)5-11-4-3-9(2,6-11)8(10)13/h3-6H2,1-2H3,(H2,10,13). The van der Waals surface area contributed by atoms with Gasteiger partial charge in [-0.2, -0.15) is 0 Å². The van der Waals surface area contributed by atoms with Crippen LogP contribution in [0, 0.1) is 5.41 Å². The van der Waals surface area contributed by atoms with Gasteiger partial charge in [-0.05, 0) is 26.8 Å². The van der Waals surface area contributed by atoms with Crippen molar-refractivity contribution in [2.45, 2.75) is 20.3 Å². The summed E-state index contributed by atoms with van der Waals surface area (Å²) in [6.45, 7) is 5.25. The lowest BCUT2D eigenvalue weighted by Crippen LogP contribution is -2.37. The molecule has 1 rings (SSSR count). The Hall–Kier alpha value is -0.900. The molecule has 0 saturated carbocycles. The summed E-state index contributed by atoms with van der Waals surface area (Å²) in [5.41, 5.74) is 4.84. The first-order valence-electron chi connectivity index (χ1n) is 4.46. The Bertz CT molecular complexity index is 240. The maximum Gasteiger partial charge on any atom is 0.224 e. The predicted molar refractivity (Wildman–Crippen MR) is 49.0 cm³/mol. The van der Waals surface area contributed by atoms with E-state index >= 15 is 0 Å². The van der Waals surface area contributed by atoms with E-state index in [1.807, 2.05) is 11.8 Å². The average molecular weight is 184 g/mol. The molecule has 1 saturated heterocycles. The van der Waals surface area contributed by atoms with Gasteiger partial charge in [0.25, 0.3) is 0 Å². The van der Waals surface area contributed by atoms with E-state index < -0.39 is 5.41 Å². The van der Waals surface area contributed by atoms with Gasteiger partial charge >= 0.3 is 0 Å². The summed E-state index contributed by atoms with van der Waals surface area (Å²) in [4.78, 5) is 23.9. The Morgan fingerprint density at radius 2 is 2.15 bits per heavy atom. The number of likely N-dealkylation sites (tertiary alicyclic amines) is 1. The first-order valence-corrected chi connectivity index (χ1v) is 4.46. The number of nitrogens with zero attached hydrogens (tertiary/aromatic N) is 1. The number of primary amides is 1. The van der Waals surface area contributed by atoms with Crippen LogP contribution in [0.1, 0.15) is 20.3 Å². The lowest BCUT2D eigenvalue weighted by Gasteiger charge is -2.19. The Balaban J connectivity index is 2.53. The molecule has 1 amide bonds. The van der Waals surface area contributed by atoms with Gasteiger partial charge in [-0.3, -0.25) is 14.5 Å². The summed E-state index contributed by atoms with van der Waals surface area (Å²) in [5, 5.41) is 0. The number of hydrogen-bond donors (Lipinski definition) is 1. The Labute approximate surface area is 78.1 Å². The maximum absolute atomic E-state index is 11.1. The van der Waals surface area contributed by atoms with Gasteiger partial charge in [-0.15, -0.1) is 0 Å². The minimum absolute atomic E-state index is 0.133. The molecule has 0 aromatic rings. The van der Waals surface area contributed by atoms with E-state index in [-0.39, 0.29) is 11.7 Å². The van der Waals surface area contributed by atoms with Gasteiger partial charge in [0.2, 0.25) is 5.91 Å². The van der Waals surface area contributed by atoms with E-state index in [1.54, 1.807) is 6.92 Å². The monoisotopic (exact) mass is 184 g/mol. The summed E-state index contributed by atoms with van der Waals surface area (Å²) in [6, 6.07) is 0. The van der Waals surface area contributed by atoms with Gasteiger partial charge in [-0.1, -0.05) is 0 Å². The first kappa shape index (κ1) is 10.2. The van der Waals surface area contributed by atoms with Crippen molar-refractivity contribution < 1.29 is 9.59 Å². The molecule has 2 N–H and O–H groups in total. The highest BCUT2D eigenvalue weighted by atomic mass is 16.1. The molecule has 4 heteroatoms. The fraction of sp³-hybridized carbons (Fsp3) is 0.778. The Kier molecular flexibility index (Phi) is 2.71. The van der Waals surface area contributed by atoms with Gasteiger partial charge < -0.3 is 5.73 Å². The maximum atomic E-state index is 11.1. The number of nitrogens with two attached hydrogens (primary N) is 1. The van der Waals surface area contributed by atoms with Crippen molar-refractivity contribution in [2.75, 3.05) is 19.6 Å². The molecule has 4 nitrogen and oxygen atoms in total. The summed E-state index contributed by atoms with van der Waals surface area (Å²) in [6.07, 6.45) is 0.760. The van der Waals surface area contributed by atoms with Crippen molar-refractivity contribution in [2.24, 2.45) is 11.1 Å². The van der Waals surface area contributed by atoms with E-state index in [0.29, 0.717) is 13.1 Å². The molecule has 1 heterocycles. The molecule has 74 valence electrons. The summed E-state index contributed by atoms with van der Waals surface area (Å²) < 4.78 is 0. The molecule has 13 heavy (non-hydrogen) atoms. The van der Waals surface area contributed by atoms with Gasteiger partial charge in [0, 0.05) is 6.54 Å². The molecule has 1 fully saturated rings. The van der Waals surface area contributed by atoms with Crippen molar-refractivity contribution in [3.63, 3.8) is 0 Å². The molecule has 0 bridgehead atoms. The highest BCUT2D eigenvalue weighted by molar-refractivity contribution is 5.81. The Morgan fingerprint density at radius 1 is 1.54 bits per heavy atom. The predicted octanol–water partition coefficient (Wildman–Crippen LogP) is -0.227. The average Bonchev–Trinajstić information content (AvgIpc) is 2.32. The number of amides is 1. The fourth-order valence-corrected chi connectivity index (χ4v) is 1.71. The number of ketones is 1. The summed E-state index contributed by atoms with van der Waals surface area (Å²) >= 11 is 0. The third-order valence-corrected chi connectivity index (χ3v) is 2.59. The van der Waals surface area contributed by atoms with Gasteiger partial charge in [0.05, 0.1) is 12.0 Å². The molecule has 0 spiro atoms. The van der Waals surface area contributed by atoms with E-state index in [1.165, 1.54) is 0 Å². The fourth-order valence-electron chi connectivity index (χ4n) is 1.71. The Morgan fingerprint density at radius 3 is 2.54 bits per heavy atom. The van der Waals surface area contributed by atoms with Crippen molar-refractivity contribution >= 4 is 11.7 Å². The molecule has 1 unspecified atom stereocenters. The lowest BCUT2D eigenvalue weighted by atomic mass is 9.89. The van der Waals surface area contributed by atoms with E-state index in [0.717, 1.165) is 13.0 Å². The molecule has 0 aliphatic carbocycles. The van der Waals surface area contributed by atoms with Crippen LogP contribution in [-0.4, -0.2) is 36.2 Å². The number of rotatable bonds is 3. The van der Waals surface area contributed by atoms with E-state index in [4.69, 9.17) is 5.73 Å². The van der Waals surface area contributed by atoms with Gasteiger partial charge in [-0.25, -0.2) is 0 Å². The zero-order chi connectivity index (χ0) is 10.1. The quantitative estimate of drug-likeness (QED) is 0.659. The van der Waals surface area contributed by atoms with Crippen LogP contribution in [-0.2, 0) is 9.59 Å². The minimum Gasteiger partial charge on any atom is -0.369 e. The second-order valence-corrected chi connectivity index (χ2v) is 4.09. The lowest BCUT2D eigenvalue weighted by molar-refractivity contribution is -0.126. The first-order chi connectivity index (χ1) is 5.94. The van der Waals surface area contributed by atoms with E-state index in [9.17, 15) is 9.59 Å². The number of carbonyl (C=O) groups excluding carboxylic acids is 2. The second kappa shape index (κ2) is 3.46. The molecule has 1 aliphatic rings. The molecule has 1 aliphatic heterocycles. The topological polar surface area (TPSA) is 63.4 Å². The van der Waals surface area contributed by atoms with Crippen molar-refractivity contribution in [3.8, 4) is 0 Å². The second-order valence-electron chi connectivity index (χ2n) is 4.09. The molecular weight excluding hydrogens is 168 g/mol. The van der Waals surface area contributed by atoms with Gasteiger partial charge in [0.15, 0.2) is 0 Å². The highest BCUT2D eigenvalue weighted by Gasteiger charge is 2.38. The van der Waals surface area contributed by atoms with Crippen LogP contribution in [0.2, 0.25) is 0 Å². The molecular formula is C9H16N2O2. The molecule has 0 aromatic heterocycles. The minimum atomic E-state index is -0.435. The van der Waals surface area contributed by atoms with Crippen LogP contribution in [0.25, 0.3) is 0 Å². The summed E-state index contributed by atoms with van der Waals surface area (Å²) in [5.74, 6) is -0.132. The summed E-state index contributed by atoms with van der Waals surface area (Å²) in [7, 11) is 0. The van der Waals surface area contributed by atoms with Crippen LogP contribution >= 0.6 is 0 Å². The van der Waals surface area contributed by atoms with Crippen LogP contribution < -0.4 is 5.73 Å². The van der Waals surface area contributed by atoms with Gasteiger partial charge in [0.1, 0.15) is 5.78 Å². The molecule has 0 radical (unpaired) electrons. The normalized spacial score (nSPS) is 29.1. The number of carbonyl (C=O) groups is 2. The third kappa shape index (κ3) is 2.28. The van der Waals surface area contributed by atoms with E-state index in [2.05, 4.69) is 0 Å². The van der Waals surface area contributed by atoms with Crippen LogP contribution in [0.5, 0.6) is 0 Å². The number of Topliss-reactive ketones (excluding diaryl/α,β-unsaturated/α-hetero) is 1. The zero-order valence-electron chi connectivity index (χ0n) is 8.17. The number of hydrogen-bond acceptors (Lipinski definition) is 3. The van der Waals surface area contributed by atoms with Crippen LogP contribution in [0.15, 0.2) is 0 Å². The zero-order valence-corrected chi connectivity index (χ0v) is 8.17. The van der Waals surface area contributed by atoms with Crippen LogP contribution in [0.3, 0.4) is 0 Å². The smallest absolute Gasteiger partial charge is 0.224 e. The largest absolute Gasteiger partial charge is 0.369 e. The van der Waals surface area contributed by atoms with Crippen molar-refractivity contribution in [1.82, 2.24) is 4.90 Å². The molecule has 0 aromatic carbocycles.